The highest BCUT2D eigenvalue weighted by Crippen LogP contribution is 2.14. The highest BCUT2D eigenvalue weighted by Gasteiger charge is 2.35. The number of ether oxygens (including phenoxy) is 2. The molecular formula is C10H20N2O6. The third-order valence-corrected chi connectivity index (χ3v) is 2.73. The van der Waals surface area contributed by atoms with Gasteiger partial charge in [0.2, 0.25) is 11.1 Å². The molecule has 0 aliphatic heterocycles. The van der Waals surface area contributed by atoms with Gasteiger partial charge in [-0.25, -0.2) is 0 Å². The van der Waals surface area contributed by atoms with Gasteiger partial charge in [0.1, 0.15) is 20.0 Å². The van der Waals surface area contributed by atoms with Gasteiger partial charge >= 0.3 is 0 Å². The third kappa shape index (κ3) is 4.92. The number of hydrogen-bond donors (Lipinski definition) is 0. The normalized spacial score (nSPS) is 15.1. The van der Waals surface area contributed by atoms with Crippen LogP contribution in [-0.2, 0) is 9.47 Å². The molecule has 8 heteroatoms. The zero-order valence-electron chi connectivity index (χ0n) is 11.2. The fourth-order valence-electron chi connectivity index (χ4n) is 0.948. The topological polar surface area (TPSA) is 105 Å². The fourth-order valence-corrected chi connectivity index (χ4v) is 0.948. The van der Waals surface area contributed by atoms with Crippen LogP contribution >= 0.6 is 0 Å². The Labute approximate surface area is 106 Å². The van der Waals surface area contributed by atoms with Crippen LogP contribution in [0.1, 0.15) is 34.1 Å². The van der Waals surface area contributed by atoms with Crippen LogP contribution in [0.3, 0.4) is 0 Å². The number of hydrogen-bond acceptors (Lipinski definition) is 6. The molecule has 0 aromatic rings. The van der Waals surface area contributed by atoms with Gasteiger partial charge in [0.25, 0.3) is 0 Å². The Morgan fingerprint density at radius 1 is 1.00 bits per heavy atom. The van der Waals surface area contributed by atoms with Crippen molar-refractivity contribution in [2.24, 2.45) is 0 Å². The Hall–Kier alpha value is -1.28. The van der Waals surface area contributed by atoms with Crippen LogP contribution in [0.15, 0.2) is 0 Å². The first-order valence-electron chi connectivity index (χ1n) is 5.60. The summed E-state index contributed by atoms with van der Waals surface area (Å²) in [6.07, 6.45) is 0.334. The maximum Gasteiger partial charge on any atom is 0.242 e. The molecule has 1 atom stereocenters. The molecule has 0 saturated heterocycles. The molecule has 0 spiro atoms. The van der Waals surface area contributed by atoms with Gasteiger partial charge in [-0.05, 0) is 0 Å². The lowest BCUT2D eigenvalue weighted by Gasteiger charge is -2.19. The van der Waals surface area contributed by atoms with Gasteiger partial charge in [-0.2, -0.15) is 0 Å². The molecule has 0 heterocycles. The molecule has 0 aromatic heterocycles. The van der Waals surface area contributed by atoms with Crippen molar-refractivity contribution in [1.82, 2.24) is 0 Å². The van der Waals surface area contributed by atoms with Crippen molar-refractivity contribution < 1.29 is 19.3 Å². The summed E-state index contributed by atoms with van der Waals surface area (Å²) < 4.78 is 10.0. The zero-order chi connectivity index (χ0) is 14.4. The van der Waals surface area contributed by atoms with Crippen LogP contribution in [-0.4, -0.2) is 40.9 Å². The summed E-state index contributed by atoms with van der Waals surface area (Å²) in [4.78, 5) is 20.5. The van der Waals surface area contributed by atoms with Crippen molar-refractivity contribution in [3.8, 4) is 0 Å². The average Bonchev–Trinajstić information content (AvgIpc) is 2.27. The maximum absolute atomic E-state index is 10.8. The molecule has 0 amide bonds. The van der Waals surface area contributed by atoms with Gasteiger partial charge in [0, 0.05) is 37.0 Å². The van der Waals surface area contributed by atoms with E-state index in [4.69, 9.17) is 9.47 Å². The summed E-state index contributed by atoms with van der Waals surface area (Å²) >= 11 is 0. The largest absolute Gasteiger partial charge is 0.348 e. The van der Waals surface area contributed by atoms with Gasteiger partial charge in [-0.3, -0.25) is 20.2 Å². The second-order valence-corrected chi connectivity index (χ2v) is 4.99. The van der Waals surface area contributed by atoms with Gasteiger partial charge < -0.3 is 9.47 Å². The highest BCUT2D eigenvalue weighted by atomic mass is 16.7. The van der Waals surface area contributed by atoms with Crippen LogP contribution in [0.2, 0.25) is 0 Å². The molecule has 1 unspecified atom stereocenters. The summed E-state index contributed by atoms with van der Waals surface area (Å²) in [5.41, 5.74) is -2.34. The van der Waals surface area contributed by atoms with E-state index in [2.05, 4.69) is 0 Å². The van der Waals surface area contributed by atoms with E-state index in [1.807, 2.05) is 0 Å². The predicted molar refractivity (Wildman–Crippen MR) is 63.5 cm³/mol. The SMILES string of the molecule is CCC(C)(COCOCC(C)(C)[N+](=O)[O-])[N+](=O)[O-]. The van der Waals surface area contributed by atoms with E-state index >= 15 is 0 Å². The van der Waals surface area contributed by atoms with E-state index in [1.54, 1.807) is 6.92 Å². The summed E-state index contributed by atoms with van der Waals surface area (Å²) in [5.74, 6) is 0. The molecule has 0 bridgehead atoms. The van der Waals surface area contributed by atoms with E-state index in [0.29, 0.717) is 6.42 Å². The molecule has 18 heavy (non-hydrogen) atoms. The highest BCUT2D eigenvalue weighted by molar-refractivity contribution is 4.70. The molecule has 0 radical (unpaired) electrons. The molecule has 0 rings (SSSR count). The third-order valence-electron chi connectivity index (χ3n) is 2.73. The van der Waals surface area contributed by atoms with Crippen LogP contribution < -0.4 is 0 Å². The fraction of sp³-hybridized carbons (Fsp3) is 1.00. The van der Waals surface area contributed by atoms with Crippen molar-refractivity contribution in [2.75, 3.05) is 20.0 Å². The molecule has 0 aliphatic carbocycles. The standard InChI is InChI=1S/C10H20N2O6/c1-5-10(4,12(15)16)7-18-8-17-6-9(2,3)11(13)14/h5-8H2,1-4H3. The zero-order valence-corrected chi connectivity index (χ0v) is 11.2. The Bertz CT molecular complexity index is 307. The summed E-state index contributed by atoms with van der Waals surface area (Å²) in [6.45, 7) is 5.65. The minimum atomic E-state index is -1.19. The molecule has 0 saturated carbocycles. The van der Waals surface area contributed by atoms with Crippen molar-refractivity contribution in [3.05, 3.63) is 20.2 Å². The summed E-state index contributed by atoms with van der Waals surface area (Å²) in [5, 5.41) is 21.3. The number of nitro groups is 2. The Kier molecular flexibility index (Phi) is 6.13. The lowest BCUT2D eigenvalue weighted by atomic mass is 10.0. The summed E-state index contributed by atoms with van der Waals surface area (Å²) in [7, 11) is 0. The van der Waals surface area contributed by atoms with E-state index in [-0.39, 0.29) is 20.0 Å². The molecular weight excluding hydrogens is 244 g/mol. The van der Waals surface area contributed by atoms with E-state index in [0.717, 1.165) is 0 Å². The molecule has 0 fully saturated rings. The van der Waals surface area contributed by atoms with Crippen LogP contribution in [0, 0.1) is 20.2 Å². The van der Waals surface area contributed by atoms with Crippen LogP contribution in [0.4, 0.5) is 0 Å². The van der Waals surface area contributed by atoms with Crippen molar-refractivity contribution >= 4 is 0 Å². The maximum atomic E-state index is 10.8. The Morgan fingerprint density at radius 2 is 1.50 bits per heavy atom. The first-order chi connectivity index (χ1) is 8.15. The summed E-state index contributed by atoms with van der Waals surface area (Å²) in [6, 6.07) is 0. The van der Waals surface area contributed by atoms with Gasteiger partial charge in [-0.15, -0.1) is 0 Å². The average molecular weight is 264 g/mol. The van der Waals surface area contributed by atoms with E-state index in [1.165, 1.54) is 20.8 Å². The second-order valence-electron chi connectivity index (χ2n) is 4.99. The molecule has 0 aliphatic rings. The van der Waals surface area contributed by atoms with Crippen molar-refractivity contribution in [3.63, 3.8) is 0 Å². The number of rotatable bonds is 9. The van der Waals surface area contributed by atoms with E-state index < -0.39 is 20.9 Å². The minimum Gasteiger partial charge on any atom is -0.348 e. The molecule has 0 aromatic carbocycles. The van der Waals surface area contributed by atoms with Gasteiger partial charge in [0.15, 0.2) is 0 Å². The quantitative estimate of drug-likeness (QED) is 0.270. The monoisotopic (exact) mass is 264 g/mol. The smallest absolute Gasteiger partial charge is 0.242 e. The van der Waals surface area contributed by atoms with Crippen molar-refractivity contribution in [1.29, 1.82) is 0 Å². The van der Waals surface area contributed by atoms with Crippen LogP contribution in [0.25, 0.3) is 0 Å². The molecule has 0 N–H and O–H groups in total. The molecule has 106 valence electrons. The number of nitrogens with zero attached hydrogens (tertiary/aromatic N) is 2. The molecule has 8 nitrogen and oxygen atoms in total. The van der Waals surface area contributed by atoms with Crippen LogP contribution in [0.5, 0.6) is 0 Å². The lowest BCUT2D eigenvalue weighted by molar-refractivity contribution is -0.572. The lowest BCUT2D eigenvalue weighted by Crippen LogP contribution is -2.40. The minimum absolute atomic E-state index is 0.0879. The first kappa shape index (κ1) is 16.7. The van der Waals surface area contributed by atoms with Gasteiger partial charge in [-0.1, -0.05) is 6.92 Å². The Balaban J connectivity index is 3.95. The van der Waals surface area contributed by atoms with E-state index in [9.17, 15) is 20.2 Å². The predicted octanol–water partition coefficient (Wildman–Crippen LogP) is 1.48. The van der Waals surface area contributed by atoms with Crippen molar-refractivity contribution in [2.45, 2.75) is 45.2 Å². The van der Waals surface area contributed by atoms with Gasteiger partial charge in [0.05, 0.1) is 0 Å². The Morgan fingerprint density at radius 3 is 1.89 bits per heavy atom. The first-order valence-corrected chi connectivity index (χ1v) is 5.60. The second kappa shape index (κ2) is 6.60.